The summed E-state index contributed by atoms with van der Waals surface area (Å²) in [5.41, 5.74) is 0. The first-order chi connectivity index (χ1) is 4.75. The van der Waals surface area contributed by atoms with Crippen molar-refractivity contribution < 1.29 is 9.13 Å². The van der Waals surface area contributed by atoms with Crippen LogP contribution in [0.4, 0.5) is 4.39 Å². The maximum Gasteiger partial charge on any atom is 0.179 e. The molecule has 0 unspecified atom stereocenters. The Labute approximate surface area is 66.9 Å². The molecule has 0 N–H and O–H groups in total. The maximum absolute atomic E-state index is 12.8. The molecular formula is C7H5BrFO. The van der Waals surface area contributed by atoms with Crippen LogP contribution in [0.1, 0.15) is 0 Å². The van der Waals surface area contributed by atoms with Gasteiger partial charge >= 0.3 is 0 Å². The number of benzene rings is 1. The minimum absolute atomic E-state index is 0.148. The molecule has 0 aliphatic heterocycles. The molecule has 0 saturated carbocycles. The molecular weight excluding hydrogens is 199 g/mol. The van der Waals surface area contributed by atoms with E-state index in [1.54, 1.807) is 12.1 Å². The zero-order chi connectivity index (χ0) is 7.56. The van der Waals surface area contributed by atoms with Crippen LogP contribution in [0.2, 0.25) is 0 Å². The second kappa shape index (κ2) is 3.01. The van der Waals surface area contributed by atoms with Gasteiger partial charge in [-0.05, 0) is 28.1 Å². The van der Waals surface area contributed by atoms with Crippen LogP contribution >= 0.6 is 15.9 Å². The molecule has 0 aliphatic carbocycles. The average molecular weight is 204 g/mol. The maximum atomic E-state index is 12.8. The highest BCUT2D eigenvalue weighted by Crippen LogP contribution is 2.23. The van der Waals surface area contributed by atoms with Gasteiger partial charge in [0.15, 0.2) is 11.6 Å². The van der Waals surface area contributed by atoms with E-state index in [0.717, 1.165) is 0 Å². The molecule has 0 fully saturated rings. The lowest BCUT2D eigenvalue weighted by Gasteiger charge is -2.00. The van der Waals surface area contributed by atoms with E-state index in [0.29, 0.717) is 4.47 Å². The van der Waals surface area contributed by atoms with Crippen LogP contribution in [0.5, 0.6) is 5.75 Å². The van der Waals surface area contributed by atoms with Gasteiger partial charge in [0.2, 0.25) is 0 Å². The van der Waals surface area contributed by atoms with Crippen molar-refractivity contribution in [2.45, 2.75) is 0 Å². The van der Waals surface area contributed by atoms with Gasteiger partial charge in [-0.25, -0.2) is 4.39 Å². The molecule has 53 valence electrons. The van der Waals surface area contributed by atoms with E-state index in [1.807, 2.05) is 0 Å². The Morgan fingerprint density at radius 3 is 2.70 bits per heavy atom. The summed E-state index contributed by atoms with van der Waals surface area (Å²) in [6.07, 6.45) is 0. The van der Waals surface area contributed by atoms with E-state index in [1.165, 1.54) is 6.07 Å². The second-order valence-electron chi connectivity index (χ2n) is 1.70. The summed E-state index contributed by atoms with van der Waals surface area (Å²) in [6, 6.07) is 4.78. The normalized spacial score (nSPS) is 9.50. The van der Waals surface area contributed by atoms with Gasteiger partial charge < -0.3 is 4.74 Å². The molecule has 0 amide bonds. The largest absolute Gasteiger partial charge is 0.487 e. The fourth-order valence-electron chi connectivity index (χ4n) is 0.595. The zero-order valence-electron chi connectivity index (χ0n) is 5.10. The van der Waals surface area contributed by atoms with Crippen molar-refractivity contribution in [3.63, 3.8) is 0 Å². The minimum Gasteiger partial charge on any atom is -0.487 e. The lowest BCUT2D eigenvalue weighted by molar-refractivity contribution is 0.432. The monoisotopic (exact) mass is 203 g/mol. The standard InChI is InChI=1S/C7H5BrFO/c1-10-6-4-2-3-5(8)7(6)9/h2-4H,1H2. The van der Waals surface area contributed by atoms with Crippen molar-refractivity contribution >= 4 is 15.9 Å². The fourth-order valence-corrected chi connectivity index (χ4v) is 0.943. The lowest BCUT2D eigenvalue weighted by atomic mass is 10.3. The molecule has 1 nitrogen and oxygen atoms in total. The molecule has 1 aromatic rings. The zero-order valence-corrected chi connectivity index (χ0v) is 6.69. The van der Waals surface area contributed by atoms with Crippen molar-refractivity contribution in [3.05, 3.63) is 35.6 Å². The molecule has 0 bridgehead atoms. The third-order valence-electron chi connectivity index (χ3n) is 1.07. The first kappa shape index (κ1) is 7.54. The Morgan fingerprint density at radius 2 is 2.20 bits per heavy atom. The Kier molecular flexibility index (Phi) is 2.27. The Balaban J connectivity index is 3.14. The van der Waals surface area contributed by atoms with Gasteiger partial charge in [-0.2, -0.15) is 0 Å². The van der Waals surface area contributed by atoms with Gasteiger partial charge in [-0.1, -0.05) is 6.07 Å². The molecule has 10 heavy (non-hydrogen) atoms. The molecule has 1 aromatic carbocycles. The number of hydrogen-bond acceptors (Lipinski definition) is 1. The van der Waals surface area contributed by atoms with Gasteiger partial charge in [0, 0.05) is 0 Å². The van der Waals surface area contributed by atoms with Crippen LogP contribution in [-0.2, 0) is 0 Å². The van der Waals surface area contributed by atoms with E-state index in [-0.39, 0.29) is 5.75 Å². The van der Waals surface area contributed by atoms with E-state index < -0.39 is 5.82 Å². The highest BCUT2D eigenvalue weighted by molar-refractivity contribution is 9.10. The van der Waals surface area contributed by atoms with Crippen molar-refractivity contribution in [1.29, 1.82) is 0 Å². The summed E-state index contributed by atoms with van der Waals surface area (Å²) < 4.78 is 17.6. The van der Waals surface area contributed by atoms with E-state index in [9.17, 15) is 4.39 Å². The number of ether oxygens (including phenoxy) is 1. The molecule has 3 heteroatoms. The van der Waals surface area contributed by atoms with Crippen molar-refractivity contribution in [1.82, 2.24) is 0 Å². The fraction of sp³-hybridized carbons (Fsp3) is 0. The van der Waals surface area contributed by atoms with Crippen LogP contribution in [-0.4, -0.2) is 0 Å². The lowest BCUT2D eigenvalue weighted by Crippen LogP contribution is -1.84. The molecule has 1 rings (SSSR count). The first-order valence-electron chi connectivity index (χ1n) is 2.61. The molecule has 0 saturated heterocycles. The highest BCUT2D eigenvalue weighted by atomic mass is 79.9. The molecule has 0 spiro atoms. The quantitative estimate of drug-likeness (QED) is 0.683. The SMILES string of the molecule is [CH2]Oc1cccc(Br)c1F. The summed E-state index contributed by atoms with van der Waals surface area (Å²) in [4.78, 5) is 0. The second-order valence-corrected chi connectivity index (χ2v) is 2.55. The smallest absolute Gasteiger partial charge is 0.179 e. The van der Waals surface area contributed by atoms with Gasteiger partial charge in [0.1, 0.15) is 7.11 Å². The van der Waals surface area contributed by atoms with Crippen molar-refractivity contribution in [2.24, 2.45) is 0 Å². The Morgan fingerprint density at radius 1 is 1.50 bits per heavy atom. The molecule has 0 aliphatic rings. The molecule has 0 heterocycles. The molecule has 0 aromatic heterocycles. The van der Waals surface area contributed by atoms with E-state index in [2.05, 4.69) is 27.8 Å². The van der Waals surface area contributed by atoms with Gasteiger partial charge in [0.25, 0.3) is 0 Å². The third-order valence-corrected chi connectivity index (χ3v) is 1.68. The van der Waals surface area contributed by atoms with Crippen LogP contribution in [0.15, 0.2) is 22.7 Å². The first-order valence-corrected chi connectivity index (χ1v) is 3.41. The third kappa shape index (κ3) is 1.29. The van der Waals surface area contributed by atoms with Crippen LogP contribution in [0.25, 0.3) is 0 Å². The van der Waals surface area contributed by atoms with E-state index >= 15 is 0 Å². The summed E-state index contributed by atoms with van der Waals surface area (Å²) in [6.45, 7) is 0. The van der Waals surface area contributed by atoms with Gasteiger partial charge in [0.05, 0.1) is 4.47 Å². The predicted octanol–water partition coefficient (Wildman–Crippen LogP) is 2.76. The topological polar surface area (TPSA) is 9.23 Å². The number of hydrogen-bond donors (Lipinski definition) is 0. The van der Waals surface area contributed by atoms with Crippen LogP contribution < -0.4 is 4.74 Å². The minimum atomic E-state index is -0.419. The van der Waals surface area contributed by atoms with Gasteiger partial charge in [-0.15, -0.1) is 0 Å². The number of halogens is 2. The van der Waals surface area contributed by atoms with E-state index in [4.69, 9.17) is 0 Å². The number of rotatable bonds is 1. The average Bonchev–Trinajstić information content (AvgIpc) is 1.95. The Bertz CT molecular complexity index is 237. The molecule has 0 atom stereocenters. The van der Waals surface area contributed by atoms with Crippen LogP contribution in [0, 0.1) is 12.9 Å². The summed E-state index contributed by atoms with van der Waals surface area (Å²) in [5.74, 6) is -0.271. The summed E-state index contributed by atoms with van der Waals surface area (Å²) in [7, 11) is 3.10. The molecule has 1 radical (unpaired) electrons. The van der Waals surface area contributed by atoms with Gasteiger partial charge in [-0.3, -0.25) is 0 Å². The summed E-state index contributed by atoms with van der Waals surface area (Å²) >= 11 is 3.00. The Hall–Kier alpha value is -0.570. The highest BCUT2D eigenvalue weighted by Gasteiger charge is 2.03. The van der Waals surface area contributed by atoms with Crippen LogP contribution in [0.3, 0.4) is 0 Å². The van der Waals surface area contributed by atoms with Crippen molar-refractivity contribution in [3.8, 4) is 5.75 Å². The predicted molar refractivity (Wildman–Crippen MR) is 40.1 cm³/mol. The summed E-state index contributed by atoms with van der Waals surface area (Å²) in [5, 5.41) is 0. The van der Waals surface area contributed by atoms with Crippen molar-refractivity contribution in [2.75, 3.05) is 0 Å².